The van der Waals surface area contributed by atoms with Crippen LogP contribution in [0.4, 0.5) is 4.39 Å². The molecule has 1 N–H and O–H groups in total. The Hall–Kier alpha value is -2.44. The normalized spacial score (nSPS) is 20.9. The standard InChI is InChI=1S/C15H15FN2O4/c1-2-22-12-6-8(16)5-9-10(12)7-18(15(9)21)11-3-4-13(19)17-14(11)20/h5-6,11H,2-4,7H2,1H3,(H,17,19,20). The Morgan fingerprint density at radius 1 is 1.36 bits per heavy atom. The Balaban J connectivity index is 1.92. The van der Waals surface area contributed by atoms with Crippen LogP contribution < -0.4 is 10.1 Å². The van der Waals surface area contributed by atoms with Gasteiger partial charge in [-0.05, 0) is 19.4 Å². The monoisotopic (exact) mass is 306 g/mol. The molecule has 1 aromatic carbocycles. The predicted molar refractivity (Wildman–Crippen MR) is 73.6 cm³/mol. The van der Waals surface area contributed by atoms with E-state index in [9.17, 15) is 18.8 Å². The van der Waals surface area contributed by atoms with E-state index in [2.05, 4.69) is 5.32 Å². The lowest BCUT2D eigenvalue weighted by atomic mass is 10.0. The lowest BCUT2D eigenvalue weighted by molar-refractivity contribution is -0.136. The van der Waals surface area contributed by atoms with Gasteiger partial charge in [0.15, 0.2) is 0 Å². The van der Waals surface area contributed by atoms with Gasteiger partial charge in [0, 0.05) is 18.1 Å². The molecule has 3 rings (SSSR count). The van der Waals surface area contributed by atoms with Gasteiger partial charge in [0.2, 0.25) is 11.8 Å². The molecule has 1 saturated heterocycles. The molecule has 0 saturated carbocycles. The highest BCUT2D eigenvalue weighted by atomic mass is 19.1. The van der Waals surface area contributed by atoms with Crippen LogP contribution >= 0.6 is 0 Å². The number of benzene rings is 1. The maximum atomic E-state index is 13.6. The molecular formula is C15H15FN2O4. The Kier molecular flexibility index (Phi) is 3.56. The van der Waals surface area contributed by atoms with Crippen molar-refractivity contribution in [3.05, 3.63) is 29.1 Å². The summed E-state index contributed by atoms with van der Waals surface area (Å²) in [6.07, 6.45) is 0.458. The number of carbonyl (C=O) groups is 3. The number of hydrogen-bond acceptors (Lipinski definition) is 4. The van der Waals surface area contributed by atoms with E-state index in [1.165, 1.54) is 11.0 Å². The fourth-order valence-electron chi connectivity index (χ4n) is 2.88. The fourth-order valence-corrected chi connectivity index (χ4v) is 2.88. The van der Waals surface area contributed by atoms with Crippen LogP contribution in [0.2, 0.25) is 0 Å². The molecule has 0 aromatic heterocycles. The average molecular weight is 306 g/mol. The van der Waals surface area contributed by atoms with E-state index in [1.807, 2.05) is 0 Å². The first-order valence-electron chi connectivity index (χ1n) is 7.11. The molecule has 0 bridgehead atoms. The zero-order chi connectivity index (χ0) is 15.9. The first kappa shape index (κ1) is 14.5. The third-order valence-corrected chi connectivity index (χ3v) is 3.88. The zero-order valence-electron chi connectivity index (χ0n) is 12.0. The van der Waals surface area contributed by atoms with Crippen molar-refractivity contribution in [3.8, 4) is 5.75 Å². The summed E-state index contributed by atoms with van der Waals surface area (Å²) in [4.78, 5) is 37.0. The van der Waals surface area contributed by atoms with Crippen LogP contribution in [0.15, 0.2) is 12.1 Å². The largest absolute Gasteiger partial charge is 0.493 e. The van der Waals surface area contributed by atoms with Crippen molar-refractivity contribution in [2.45, 2.75) is 32.4 Å². The molecule has 1 atom stereocenters. The smallest absolute Gasteiger partial charge is 0.255 e. The molecule has 0 spiro atoms. The second-order valence-electron chi connectivity index (χ2n) is 5.26. The van der Waals surface area contributed by atoms with E-state index in [1.54, 1.807) is 6.92 Å². The molecule has 2 aliphatic rings. The lowest BCUT2D eigenvalue weighted by Crippen LogP contribution is -2.52. The van der Waals surface area contributed by atoms with Crippen molar-refractivity contribution in [3.63, 3.8) is 0 Å². The zero-order valence-corrected chi connectivity index (χ0v) is 12.0. The molecule has 3 amide bonds. The Labute approximate surface area is 126 Å². The minimum atomic E-state index is -0.713. The van der Waals surface area contributed by atoms with Gasteiger partial charge in [0.05, 0.1) is 18.7 Å². The number of nitrogens with one attached hydrogen (secondary N) is 1. The number of ether oxygens (including phenoxy) is 1. The SMILES string of the molecule is CCOc1cc(F)cc2c1CN(C1CCC(=O)NC1=O)C2=O. The van der Waals surface area contributed by atoms with Gasteiger partial charge in [-0.2, -0.15) is 0 Å². The molecule has 2 aliphatic heterocycles. The summed E-state index contributed by atoms with van der Waals surface area (Å²) in [6.45, 7) is 2.30. The molecule has 1 aromatic rings. The van der Waals surface area contributed by atoms with Gasteiger partial charge in [-0.25, -0.2) is 4.39 Å². The van der Waals surface area contributed by atoms with E-state index in [4.69, 9.17) is 4.74 Å². The first-order chi connectivity index (χ1) is 10.5. The van der Waals surface area contributed by atoms with Crippen LogP contribution in [0.25, 0.3) is 0 Å². The van der Waals surface area contributed by atoms with Crippen LogP contribution in [-0.2, 0) is 16.1 Å². The molecule has 0 radical (unpaired) electrons. The second kappa shape index (κ2) is 5.40. The van der Waals surface area contributed by atoms with Gasteiger partial charge >= 0.3 is 0 Å². The van der Waals surface area contributed by atoms with Crippen LogP contribution in [0.3, 0.4) is 0 Å². The summed E-state index contributed by atoms with van der Waals surface area (Å²) in [6, 6.07) is 1.69. The Morgan fingerprint density at radius 3 is 2.82 bits per heavy atom. The van der Waals surface area contributed by atoms with Gasteiger partial charge < -0.3 is 9.64 Å². The van der Waals surface area contributed by atoms with Crippen molar-refractivity contribution in [1.29, 1.82) is 0 Å². The van der Waals surface area contributed by atoms with Crippen molar-refractivity contribution in [1.82, 2.24) is 10.2 Å². The highest BCUT2D eigenvalue weighted by Gasteiger charge is 2.40. The Morgan fingerprint density at radius 2 is 2.14 bits per heavy atom. The summed E-state index contributed by atoms with van der Waals surface area (Å²) < 4.78 is 19.0. The van der Waals surface area contributed by atoms with E-state index >= 15 is 0 Å². The van der Waals surface area contributed by atoms with Gasteiger partial charge in [-0.15, -0.1) is 0 Å². The molecule has 1 fully saturated rings. The van der Waals surface area contributed by atoms with Gasteiger partial charge in [-0.1, -0.05) is 0 Å². The number of nitrogens with zero attached hydrogens (tertiary/aromatic N) is 1. The molecule has 7 heteroatoms. The van der Waals surface area contributed by atoms with E-state index < -0.39 is 23.7 Å². The number of carbonyl (C=O) groups excluding carboxylic acids is 3. The van der Waals surface area contributed by atoms with Gasteiger partial charge in [-0.3, -0.25) is 19.7 Å². The van der Waals surface area contributed by atoms with Crippen molar-refractivity contribution >= 4 is 17.7 Å². The van der Waals surface area contributed by atoms with Crippen LogP contribution in [0.5, 0.6) is 5.75 Å². The topological polar surface area (TPSA) is 75.7 Å². The third-order valence-electron chi connectivity index (χ3n) is 3.88. The van der Waals surface area contributed by atoms with Crippen LogP contribution in [-0.4, -0.2) is 35.3 Å². The highest BCUT2D eigenvalue weighted by molar-refractivity contribution is 6.05. The van der Waals surface area contributed by atoms with E-state index in [0.29, 0.717) is 17.9 Å². The maximum Gasteiger partial charge on any atom is 0.255 e. The van der Waals surface area contributed by atoms with Crippen molar-refractivity contribution in [2.75, 3.05) is 6.61 Å². The maximum absolute atomic E-state index is 13.6. The number of imide groups is 1. The minimum absolute atomic E-state index is 0.177. The lowest BCUT2D eigenvalue weighted by Gasteiger charge is -2.29. The predicted octanol–water partition coefficient (Wildman–Crippen LogP) is 0.985. The van der Waals surface area contributed by atoms with Crippen LogP contribution in [0, 0.1) is 5.82 Å². The van der Waals surface area contributed by atoms with E-state index in [0.717, 1.165) is 6.07 Å². The quantitative estimate of drug-likeness (QED) is 0.845. The molecule has 116 valence electrons. The van der Waals surface area contributed by atoms with Gasteiger partial charge in [0.25, 0.3) is 5.91 Å². The fraction of sp³-hybridized carbons (Fsp3) is 0.400. The van der Waals surface area contributed by atoms with Gasteiger partial charge in [0.1, 0.15) is 17.6 Å². The van der Waals surface area contributed by atoms with Crippen LogP contribution in [0.1, 0.15) is 35.7 Å². The third kappa shape index (κ3) is 2.32. The summed E-state index contributed by atoms with van der Waals surface area (Å²) in [5, 5.41) is 2.23. The van der Waals surface area contributed by atoms with E-state index in [-0.39, 0.29) is 30.9 Å². The number of hydrogen-bond donors (Lipinski definition) is 1. The van der Waals surface area contributed by atoms with Crippen molar-refractivity contribution < 1.29 is 23.5 Å². The minimum Gasteiger partial charge on any atom is -0.493 e. The number of halogens is 1. The molecule has 2 heterocycles. The first-order valence-corrected chi connectivity index (χ1v) is 7.11. The summed E-state index contributed by atoms with van der Waals surface area (Å²) in [5.74, 6) is -1.48. The summed E-state index contributed by atoms with van der Waals surface area (Å²) >= 11 is 0. The number of rotatable bonds is 3. The second-order valence-corrected chi connectivity index (χ2v) is 5.26. The molecule has 22 heavy (non-hydrogen) atoms. The molecule has 1 unspecified atom stereocenters. The average Bonchev–Trinajstić information content (AvgIpc) is 2.77. The van der Waals surface area contributed by atoms with Crippen molar-refractivity contribution in [2.24, 2.45) is 0 Å². The summed E-state index contributed by atoms with van der Waals surface area (Å²) in [5.41, 5.74) is 0.797. The summed E-state index contributed by atoms with van der Waals surface area (Å²) in [7, 11) is 0. The Bertz CT molecular complexity index is 674. The number of piperidine rings is 1. The highest BCUT2D eigenvalue weighted by Crippen LogP contribution is 2.34. The number of amides is 3. The number of fused-ring (bicyclic) bond motifs is 1. The molecule has 0 aliphatic carbocycles. The molecular weight excluding hydrogens is 291 g/mol. The molecule has 6 nitrogen and oxygen atoms in total.